The molecule has 2 amide bonds. The number of aromatic nitrogens is 1. The molecule has 1 saturated heterocycles. The number of nitrogens with one attached hydrogen (secondary N) is 1. The van der Waals surface area contributed by atoms with E-state index in [1.165, 1.54) is 12.1 Å². The highest BCUT2D eigenvalue weighted by Gasteiger charge is 2.46. The van der Waals surface area contributed by atoms with Gasteiger partial charge in [-0.2, -0.15) is 0 Å². The Morgan fingerprint density at radius 1 is 0.955 bits per heavy atom. The molecule has 44 heavy (non-hydrogen) atoms. The van der Waals surface area contributed by atoms with Crippen molar-refractivity contribution in [1.29, 1.82) is 0 Å². The number of hydrogen-bond donors (Lipinski definition) is 2. The van der Waals surface area contributed by atoms with Crippen LogP contribution in [-0.4, -0.2) is 40.7 Å². The number of nitrogen functional groups attached to an aromatic ring is 1. The van der Waals surface area contributed by atoms with E-state index < -0.39 is 24.9 Å². The van der Waals surface area contributed by atoms with Crippen LogP contribution < -0.4 is 11.1 Å². The summed E-state index contributed by atoms with van der Waals surface area (Å²) < 4.78 is 46.5. The predicted octanol–water partition coefficient (Wildman–Crippen LogP) is 6.39. The Morgan fingerprint density at radius 2 is 1.68 bits per heavy atom. The number of pyridine rings is 1. The molecule has 0 radical (unpaired) electrons. The minimum absolute atomic E-state index is 0.0664. The molecule has 3 aromatic carbocycles. The van der Waals surface area contributed by atoms with Crippen LogP contribution >= 0.6 is 0 Å². The number of halogens is 3. The fourth-order valence-electron chi connectivity index (χ4n) is 5.74. The lowest BCUT2D eigenvalue weighted by Crippen LogP contribution is -2.58. The van der Waals surface area contributed by atoms with Crippen molar-refractivity contribution in [2.24, 2.45) is 5.92 Å². The number of benzene rings is 3. The van der Waals surface area contributed by atoms with Crippen molar-refractivity contribution < 1.29 is 27.2 Å². The molecule has 1 saturated carbocycles. The van der Waals surface area contributed by atoms with Crippen molar-refractivity contribution in [3.63, 3.8) is 0 Å². The van der Waals surface area contributed by atoms with Crippen LogP contribution in [0.5, 0.6) is 0 Å². The summed E-state index contributed by atoms with van der Waals surface area (Å²) in [6.45, 7) is -0.951. The van der Waals surface area contributed by atoms with Gasteiger partial charge < -0.3 is 20.4 Å². The third-order valence-electron chi connectivity index (χ3n) is 8.22. The third kappa shape index (κ3) is 5.39. The number of rotatable bonds is 7. The number of carbonyl (C=O) groups is 2. The smallest absolute Gasteiger partial charge is 0.282 e. The quantitative estimate of drug-likeness (QED) is 0.227. The summed E-state index contributed by atoms with van der Waals surface area (Å²) in [5.74, 6) is -2.72. The molecule has 1 aliphatic carbocycles. The highest BCUT2D eigenvalue weighted by atomic mass is 19.3. The number of amides is 2. The molecule has 0 spiro atoms. The summed E-state index contributed by atoms with van der Waals surface area (Å²) in [4.78, 5) is 30.7. The number of carbonyl (C=O) groups excluding carboxylic acids is 2. The SMILES string of the molecule is Nc1ccc([C@H]2C[C@@H]2C(=O)NCc2cc3cc(-c4ccc(C(=O)N5CC(F)(F)C5)cc4)cc(-c4ccc(F)cc4)c3o2)cn1. The van der Waals surface area contributed by atoms with Gasteiger partial charge >= 0.3 is 0 Å². The van der Waals surface area contributed by atoms with Gasteiger partial charge in [0.25, 0.3) is 11.8 Å². The molecule has 0 unspecified atom stereocenters. The second kappa shape index (κ2) is 10.6. The number of nitrogens with two attached hydrogens (primary N) is 1. The van der Waals surface area contributed by atoms with E-state index in [1.807, 2.05) is 24.3 Å². The zero-order valence-corrected chi connectivity index (χ0v) is 23.4. The topological polar surface area (TPSA) is 101 Å². The van der Waals surface area contributed by atoms with Crippen LogP contribution in [0.1, 0.15) is 34.0 Å². The fourth-order valence-corrected chi connectivity index (χ4v) is 5.74. The minimum Gasteiger partial charge on any atom is -0.459 e. The van der Waals surface area contributed by atoms with Crippen molar-refractivity contribution in [3.8, 4) is 22.3 Å². The van der Waals surface area contributed by atoms with Crippen LogP contribution in [0, 0.1) is 11.7 Å². The maximum Gasteiger partial charge on any atom is 0.282 e. The van der Waals surface area contributed by atoms with E-state index in [4.69, 9.17) is 10.2 Å². The molecule has 2 atom stereocenters. The molecule has 3 N–H and O–H groups in total. The van der Waals surface area contributed by atoms with Gasteiger partial charge in [0.2, 0.25) is 5.91 Å². The second-order valence-corrected chi connectivity index (χ2v) is 11.4. The number of furan rings is 1. The van der Waals surface area contributed by atoms with E-state index in [0.717, 1.165) is 44.5 Å². The van der Waals surface area contributed by atoms with Gasteiger partial charge in [-0.1, -0.05) is 30.3 Å². The van der Waals surface area contributed by atoms with Crippen molar-refractivity contribution in [1.82, 2.24) is 15.2 Å². The zero-order valence-electron chi connectivity index (χ0n) is 23.4. The molecule has 2 fully saturated rings. The number of likely N-dealkylation sites (tertiary alicyclic amines) is 1. The average Bonchev–Trinajstić information content (AvgIpc) is 3.70. The summed E-state index contributed by atoms with van der Waals surface area (Å²) in [7, 11) is 0. The van der Waals surface area contributed by atoms with Crippen LogP contribution in [0.2, 0.25) is 0 Å². The molecular formula is C34H27F3N4O3. The van der Waals surface area contributed by atoms with Crippen molar-refractivity contribution >= 4 is 28.6 Å². The van der Waals surface area contributed by atoms with Gasteiger partial charge in [-0.25, -0.2) is 18.2 Å². The zero-order chi connectivity index (χ0) is 30.6. The Kier molecular flexibility index (Phi) is 6.64. The van der Waals surface area contributed by atoms with E-state index in [-0.39, 0.29) is 30.1 Å². The normalized spacial score (nSPS) is 18.6. The molecule has 0 bridgehead atoms. The number of fused-ring (bicyclic) bond motifs is 1. The van der Waals surface area contributed by atoms with Crippen LogP contribution in [0.15, 0.2) is 89.5 Å². The van der Waals surface area contributed by atoms with Gasteiger partial charge in [-0.15, -0.1) is 0 Å². The maximum atomic E-state index is 13.8. The molecule has 7 rings (SSSR count). The minimum atomic E-state index is -2.83. The van der Waals surface area contributed by atoms with Gasteiger partial charge in [0.15, 0.2) is 0 Å². The molecule has 222 valence electrons. The largest absolute Gasteiger partial charge is 0.459 e. The number of alkyl halides is 2. The molecular weight excluding hydrogens is 569 g/mol. The first-order chi connectivity index (χ1) is 21.1. The first kappa shape index (κ1) is 27.7. The van der Waals surface area contributed by atoms with Gasteiger partial charge in [0.05, 0.1) is 19.6 Å². The average molecular weight is 597 g/mol. The van der Waals surface area contributed by atoms with E-state index in [0.29, 0.717) is 22.7 Å². The van der Waals surface area contributed by atoms with Crippen LogP contribution in [0.4, 0.5) is 19.0 Å². The lowest BCUT2D eigenvalue weighted by Gasteiger charge is -2.38. The first-order valence-corrected chi connectivity index (χ1v) is 14.2. The Hall–Kier alpha value is -5.12. The van der Waals surface area contributed by atoms with Gasteiger partial charge in [0, 0.05) is 28.6 Å². The highest BCUT2D eigenvalue weighted by molar-refractivity contribution is 5.98. The summed E-state index contributed by atoms with van der Waals surface area (Å²) in [5, 5.41) is 3.76. The van der Waals surface area contributed by atoms with Crippen molar-refractivity contribution in [3.05, 3.63) is 108 Å². The molecule has 2 aromatic heterocycles. The van der Waals surface area contributed by atoms with Crippen molar-refractivity contribution in [2.45, 2.75) is 24.8 Å². The van der Waals surface area contributed by atoms with Crippen LogP contribution in [0.3, 0.4) is 0 Å². The van der Waals surface area contributed by atoms with Crippen LogP contribution in [-0.2, 0) is 11.3 Å². The Balaban J connectivity index is 1.13. The molecule has 10 heteroatoms. The summed E-state index contributed by atoms with van der Waals surface area (Å²) in [6, 6.07) is 22.2. The number of hydrogen-bond acceptors (Lipinski definition) is 5. The fraction of sp³-hybridized carbons (Fsp3) is 0.206. The Bertz CT molecular complexity index is 1880. The van der Waals surface area contributed by atoms with E-state index in [1.54, 1.807) is 48.7 Å². The third-order valence-corrected chi connectivity index (χ3v) is 8.22. The monoisotopic (exact) mass is 596 g/mol. The number of nitrogens with zero attached hydrogens (tertiary/aromatic N) is 2. The molecule has 2 aliphatic rings. The molecule has 1 aliphatic heterocycles. The maximum absolute atomic E-state index is 13.8. The number of anilines is 1. The van der Waals surface area contributed by atoms with Crippen molar-refractivity contribution in [2.75, 3.05) is 18.8 Å². The summed E-state index contributed by atoms with van der Waals surface area (Å²) in [5.41, 5.74) is 10.7. The van der Waals surface area contributed by atoms with Gasteiger partial charge in [-0.3, -0.25) is 9.59 Å². The first-order valence-electron chi connectivity index (χ1n) is 14.2. The molecule has 7 nitrogen and oxygen atoms in total. The summed E-state index contributed by atoms with van der Waals surface area (Å²) in [6.07, 6.45) is 2.45. The predicted molar refractivity (Wildman–Crippen MR) is 159 cm³/mol. The molecule has 5 aromatic rings. The van der Waals surface area contributed by atoms with Gasteiger partial charge in [0.1, 0.15) is 23.0 Å². The van der Waals surface area contributed by atoms with Gasteiger partial charge in [-0.05, 0) is 83.1 Å². The Morgan fingerprint density at radius 3 is 2.36 bits per heavy atom. The lowest BCUT2D eigenvalue weighted by atomic mass is 9.96. The standard InChI is InChI=1S/C34H27F3N4O3/c35-25-8-5-20(6-9-25)28-13-23(19-1-3-21(4-2-19)33(43)41-17-34(36,37)18-41)11-24-12-26(44-31(24)28)16-40-32(42)29-14-27(29)22-7-10-30(38)39-15-22/h1-13,15,27,29H,14,16-18H2,(H2,38,39)(H,40,42)/t27-,29+/m1/s1. The highest BCUT2D eigenvalue weighted by Crippen LogP contribution is 2.47. The summed E-state index contributed by atoms with van der Waals surface area (Å²) >= 11 is 0. The van der Waals surface area contributed by atoms with E-state index >= 15 is 0 Å². The molecule has 3 heterocycles. The lowest BCUT2D eigenvalue weighted by molar-refractivity contribution is -0.122. The van der Waals surface area contributed by atoms with E-state index in [9.17, 15) is 22.8 Å². The van der Waals surface area contributed by atoms with E-state index in [2.05, 4.69) is 10.3 Å². The second-order valence-electron chi connectivity index (χ2n) is 11.4. The Labute approximate surface area is 250 Å². The van der Waals surface area contributed by atoms with Crippen LogP contribution in [0.25, 0.3) is 33.2 Å².